The van der Waals surface area contributed by atoms with E-state index in [0.717, 1.165) is 70.6 Å². The average Bonchev–Trinajstić information content (AvgIpc) is 3.17. The predicted octanol–water partition coefficient (Wildman–Crippen LogP) is 7.82. The number of aliphatic hydroxyl groups is 3. The highest BCUT2D eigenvalue weighted by Gasteiger charge is 2.35. The highest BCUT2D eigenvalue weighted by Crippen LogP contribution is 2.43. The van der Waals surface area contributed by atoms with Crippen LogP contribution in [0.15, 0.2) is 60.8 Å². The lowest BCUT2D eigenvalue weighted by atomic mass is 9.87. The topological polar surface area (TPSA) is 204 Å². The molecule has 57 heavy (non-hydrogen) atoms. The zero-order chi connectivity index (χ0) is 42.0. The van der Waals surface area contributed by atoms with Gasteiger partial charge in [-0.15, -0.1) is 0 Å². The number of aliphatic hydroxyl groups excluding tert-OH is 3. The van der Waals surface area contributed by atoms with E-state index < -0.39 is 57.1 Å². The molecule has 1 aliphatic rings. The molecule has 0 saturated carbocycles. The molecule has 0 aromatic heterocycles. The fourth-order valence-corrected chi connectivity index (χ4v) is 6.75. The first kappa shape index (κ1) is 52.6. The van der Waals surface area contributed by atoms with Gasteiger partial charge in [0.15, 0.2) is 12.4 Å². The van der Waals surface area contributed by atoms with Crippen molar-refractivity contribution in [2.24, 2.45) is 11.7 Å². The van der Waals surface area contributed by atoms with Crippen molar-refractivity contribution in [3.05, 3.63) is 60.8 Å². The van der Waals surface area contributed by atoms with Crippen LogP contribution in [0.4, 0.5) is 0 Å². The molecule has 14 heteroatoms. The van der Waals surface area contributed by atoms with Crippen LogP contribution in [0.2, 0.25) is 0 Å². The number of allylic oxidation sites excluding steroid dienone is 8. The van der Waals surface area contributed by atoms with Gasteiger partial charge in [0.25, 0.3) is 0 Å². The molecule has 0 amide bonds. The lowest BCUT2D eigenvalue weighted by Crippen LogP contribution is -2.43. The minimum atomic E-state index is -4.46. The molecule has 1 rings (SSSR count). The molecule has 2 unspecified atom stereocenters. The quantitative estimate of drug-likeness (QED) is 0.0182. The number of phosphoric acid groups is 1. The maximum Gasteiger partial charge on any atom is 0.472 e. The van der Waals surface area contributed by atoms with E-state index in [0.29, 0.717) is 32.1 Å². The Bertz CT molecular complexity index is 1240. The number of hydrogen-bond acceptors (Lipinski definition) is 12. The van der Waals surface area contributed by atoms with Crippen LogP contribution in [-0.2, 0) is 37.4 Å². The van der Waals surface area contributed by atoms with E-state index in [1.807, 2.05) is 12.2 Å². The first-order valence-electron chi connectivity index (χ1n) is 21.2. The van der Waals surface area contributed by atoms with Crippen LogP contribution in [0.5, 0.6) is 0 Å². The predicted molar refractivity (Wildman–Crippen MR) is 223 cm³/mol. The zero-order valence-electron chi connectivity index (χ0n) is 34.6. The highest BCUT2D eigenvalue weighted by atomic mass is 31.2. The Labute approximate surface area is 342 Å². The van der Waals surface area contributed by atoms with Gasteiger partial charge in [-0.2, -0.15) is 0 Å². The summed E-state index contributed by atoms with van der Waals surface area (Å²) in [4.78, 5) is 35.0. The molecule has 0 radical (unpaired) electrons. The van der Waals surface area contributed by atoms with E-state index in [4.69, 9.17) is 29.0 Å². The molecular formula is C43H74NO12P. The fraction of sp³-hybridized carbons (Fsp3) is 0.721. The molecule has 13 nitrogen and oxygen atoms in total. The minimum absolute atomic E-state index is 0.00394. The maximum atomic E-state index is 12.7. The summed E-state index contributed by atoms with van der Waals surface area (Å²) in [5, 5.41) is 30.9. The first-order chi connectivity index (χ1) is 27.5. The SMILES string of the molecule is CC/C=C\C/C=C\C/C=C\CCCCCCCC(=O)OC[C@H](COP(=O)(O)OCCN)OC(=O)CCC/C=C\C[C@H]1[C@@H](O)CC(O)O[C@@H]1/C=C/[C@@H](O)CCCCC. The summed E-state index contributed by atoms with van der Waals surface area (Å²) in [6.45, 7) is 3.15. The third-order valence-electron chi connectivity index (χ3n) is 9.18. The van der Waals surface area contributed by atoms with Gasteiger partial charge in [-0.05, 0) is 64.2 Å². The van der Waals surface area contributed by atoms with Crippen LogP contribution >= 0.6 is 7.82 Å². The summed E-state index contributed by atoms with van der Waals surface area (Å²) in [5.41, 5.74) is 5.34. The monoisotopic (exact) mass is 827 g/mol. The molecule has 7 atom stereocenters. The molecule has 1 heterocycles. The van der Waals surface area contributed by atoms with Crippen molar-refractivity contribution in [1.82, 2.24) is 0 Å². The number of hydrogen-bond donors (Lipinski definition) is 5. The van der Waals surface area contributed by atoms with Crippen LogP contribution in [0.3, 0.4) is 0 Å². The van der Waals surface area contributed by atoms with Crippen molar-refractivity contribution < 1.29 is 57.6 Å². The average molecular weight is 828 g/mol. The van der Waals surface area contributed by atoms with E-state index in [1.165, 1.54) is 0 Å². The Morgan fingerprint density at radius 1 is 0.825 bits per heavy atom. The molecule has 1 aliphatic heterocycles. The normalized spacial score (nSPS) is 21.2. The van der Waals surface area contributed by atoms with Crippen LogP contribution < -0.4 is 5.73 Å². The summed E-state index contributed by atoms with van der Waals surface area (Å²) >= 11 is 0. The Balaban J connectivity index is 2.48. The standard InChI is InChI=1S/C43H74NO12P/c1-3-5-7-8-9-10-11-12-13-14-15-16-17-18-23-27-41(47)52-34-37(35-54-57(50,51)53-32-31-44)55-42(48)28-24-20-19-22-26-38-39(46)33-43(49)56-40(38)30-29-36(45)25-21-6-4-2/h5,7,9-10,12-13,19,22,29-30,36-40,43,45-46,49H,3-4,6,8,11,14-18,20-21,23-28,31-35,44H2,1-2H3,(H,50,51)/b7-5-,10-9-,13-12-,22-19-,30-29+/t36-,37+,38-,39-,40+,43?/m0/s1. The second-order valence-electron chi connectivity index (χ2n) is 14.4. The first-order valence-corrected chi connectivity index (χ1v) is 22.7. The molecule has 328 valence electrons. The number of ether oxygens (including phenoxy) is 3. The van der Waals surface area contributed by atoms with Gasteiger partial charge in [0.2, 0.25) is 0 Å². The third kappa shape index (κ3) is 29.4. The molecule has 0 aromatic rings. The summed E-state index contributed by atoms with van der Waals surface area (Å²) < 4.78 is 38.4. The van der Waals surface area contributed by atoms with E-state index >= 15 is 0 Å². The molecule has 6 N–H and O–H groups in total. The largest absolute Gasteiger partial charge is 0.472 e. The Hall–Kier alpha value is -2.45. The summed E-state index contributed by atoms with van der Waals surface area (Å²) in [6.07, 6.45) is 30.1. The van der Waals surface area contributed by atoms with Crippen molar-refractivity contribution in [2.45, 2.75) is 167 Å². The van der Waals surface area contributed by atoms with E-state index in [2.05, 4.69) is 50.3 Å². The molecule has 0 spiro atoms. The second kappa shape index (κ2) is 34.4. The lowest BCUT2D eigenvalue weighted by molar-refractivity contribution is -0.199. The number of nitrogens with two attached hydrogens (primary N) is 1. The number of phosphoric ester groups is 1. The van der Waals surface area contributed by atoms with Crippen molar-refractivity contribution in [2.75, 3.05) is 26.4 Å². The summed E-state index contributed by atoms with van der Waals surface area (Å²) in [5.74, 6) is -1.37. The Morgan fingerprint density at radius 3 is 2.23 bits per heavy atom. The lowest BCUT2D eigenvalue weighted by Gasteiger charge is -2.36. The Morgan fingerprint density at radius 2 is 1.49 bits per heavy atom. The minimum Gasteiger partial charge on any atom is -0.462 e. The maximum absolute atomic E-state index is 12.7. The van der Waals surface area contributed by atoms with Crippen LogP contribution in [-0.4, -0.2) is 89.2 Å². The number of carbonyl (C=O) groups excluding carboxylic acids is 2. The highest BCUT2D eigenvalue weighted by molar-refractivity contribution is 7.47. The van der Waals surface area contributed by atoms with Crippen molar-refractivity contribution >= 4 is 19.8 Å². The van der Waals surface area contributed by atoms with Gasteiger partial charge < -0.3 is 40.2 Å². The molecule has 0 aromatic carbocycles. The second-order valence-corrected chi connectivity index (χ2v) is 15.8. The van der Waals surface area contributed by atoms with Gasteiger partial charge in [-0.1, -0.05) is 113 Å². The van der Waals surface area contributed by atoms with Crippen molar-refractivity contribution in [3.63, 3.8) is 0 Å². The summed E-state index contributed by atoms with van der Waals surface area (Å²) in [7, 11) is -4.46. The molecular weight excluding hydrogens is 753 g/mol. The van der Waals surface area contributed by atoms with Crippen LogP contribution in [0.1, 0.15) is 136 Å². The van der Waals surface area contributed by atoms with Crippen molar-refractivity contribution in [3.8, 4) is 0 Å². The third-order valence-corrected chi connectivity index (χ3v) is 10.2. The van der Waals surface area contributed by atoms with Crippen molar-refractivity contribution in [1.29, 1.82) is 0 Å². The number of rotatable bonds is 34. The number of carbonyl (C=O) groups is 2. The molecule has 1 saturated heterocycles. The summed E-state index contributed by atoms with van der Waals surface area (Å²) in [6, 6.07) is 0. The van der Waals surface area contributed by atoms with Crippen LogP contribution in [0, 0.1) is 5.92 Å². The zero-order valence-corrected chi connectivity index (χ0v) is 35.5. The van der Waals surface area contributed by atoms with Gasteiger partial charge in [0.1, 0.15) is 6.61 Å². The Kier molecular flexibility index (Phi) is 31.7. The molecule has 0 bridgehead atoms. The van der Waals surface area contributed by atoms with Gasteiger partial charge in [-0.25, -0.2) is 4.57 Å². The van der Waals surface area contributed by atoms with E-state index in [9.17, 15) is 34.4 Å². The number of esters is 2. The van der Waals surface area contributed by atoms with Gasteiger partial charge in [-0.3, -0.25) is 18.6 Å². The molecule has 1 fully saturated rings. The molecule has 0 aliphatic carbocycles. The van der Waals surface area contributed by atoms with Gasteiger partial charge in [0, 0.05) is 31.7 Å². The number of unbranched alkanes of at least 4 members (excludes halogenated alkanes) is 8. The van der Waals surface area contributed by atoms with Gasteiger partial charge >= 0.3 is 19.8 Å². The fourth-order valence-electron chi connectivity index (χ4n) is 5.98. The van der Waals surface area contributed by atoms with E-state index in [1.54, 1.807) is 12.2 Å². The van der Waals surface area contributed by atoms with Crippen LogP contribution in [0.25, 0.3) is 0 Å². The smallest absolute Gasteiger partial charge is 0.462 e. The van der Waals surface area contributed by atoms with Gasteiger partial charge in [0.05, 0.1) is 31.5 Å². The van der Waals surface area contributed by atoms with E-state index in [-0.39, 0.29) is 44.9 Å².